The number of methoxy groups -OCH3 is 2. The van der Waals surface area contributed by atoms with E-state index < -0.39 is 0 Å². The predicted molar refractivity (Wildman–Crippen MR) is 126 cm³/mol. The van der Waals surface area contributed by atoms with Crippen LogP contribution in [0.2, 0.25) is 5.28 Å². The monoisotopic (exact) mass is 459 g/mol. The molecular formula is C24H18ClN5O3. The lowest BCUT2D eigenvalue weighted by Gasteiger charge is -2.13. The van der Waals surface area contributed by atoms with Gasteiger partial charge in [0.1, 0.15) is 5.82 Å². The van der Waals surface area contributed by atoms with Crippen LogP contribution in [-0.2, 0) is 0 Å². The molecule has 0 unspecified atom stereocenters. The van der Waals surface area contributed by atoms with Crippen LogP contribution >= 0.6 is 11.6 Å². The van der Waals surface area contributed by atoms with E-state index in [9.17, 15) is 4.79 Å². The van der Waals surface area contributed by atoms with E-state index in [1.54, 1.807) is 68.8 Å². The Balaban J connectivity index is 1.61. The fourth-order valence-corrected chi connectivity index (χ4v) is 3.41. The quantitative estimate of drug-likeness (QED) is 0.383. The Morgan fingerprint density at radius 3 is 2.36 bits per heavy atom. The number of anilines is 3. The van der Waals surface area contributed by atoms with Crippen molar-refractivity contribution < 1.29 is 14.3 Å². The van der Waals surface area contributed by atoms with E-state index in [0.29, 0.717) is 50.7 Å². The highest BCUT2D eigenvalue weighted by atomic mass is 35.5. The van der Waals surface area contributed by atoms with Crippen LogP contribution in [0.25, 0.3) is 10.9 Å². The Labute approximate surface area is 194 Å². The lowest BCUT2D eigenvalue weighted by molar-refractivity contribution is 0.102. The number of carbonyl (C=O) groups is 1. The zero-order valence-corrected chi connectivity index (χ0v) is 18.5. The Bertz CT molecular complexity index is 1380. The summed E-state index contributed by atoms with van der Waals surface area (Å²) in [4.78, 5) is 21.1. The number of hydrogen-bond acceptors (Lipinski definition) is 7. The first-order valence-electron chi connectivity index (χ1n) is 9.78. The molecule has 4 aromatic rings. The van der Waals surface area contributed by atoms with Crippen LogP contribution < -0.4 is 20.1 Å². The standard InChI is InChI=1S/C24H18ClN5O3/c1-32-20-11-18-19(12-21(20)33-2)29-24(25)30-22(18)27-16-4-3-5-17(10-16)28-23(31)15-8-6-14(13-26)7-9-15/h3-12H,1-2H3,(H,28,31)(H,27,29,30). The van der Waals surface area contributed by atoms with Gasteiger partial charge in [-0.05, 0) is 60.1 Å². The molecule has 0 bridgehead atoms. The second-order valence-electron chi connectivity index (χ2n) is 6.91. The average Bonchev–Trinajstić information content (AvgIpc) is 2.83. The van der Waals surface area contributed by atoms with Gasteiger partial charge in [-0.1, -0.05) is 6.07 Å². The SMILES string of the molecule is COc1cc2nc(Cl)nc(Nc3cccc(NC(=O)c4ccc(C#N)cc4)c3)c2cc1OC. The molecule has 8 nitrogen and oxygen atoms in total. The number of rotatable bonds is 6. The van der Waals surface area contributed by atoms with Gasteiger partial charge in [-0.15, -0.1) is 0 Å². The molecule has 0 atom stereocenters. The number of ether oxygens (including phenoxy) is 2. The number of benzene rings is 3. The van der Waals surface area contributed by atoms with Crippen LogP contribution in [-0.4, -0.2) is 30.1 Å². The number of halogens is 1. The van der Waals surface area contributed by atoms with E-state index in [4.69, 9.17) is 26.3 Å². The summed E-state index contributed by atoms with van der Waals surface area (Å²) in [5.74, 6) is 1.24. The highest BCUT2D eigenvalue weighted by Gasteiger charge is 2.13. The van der Waals surface area contributed by atoms with Crippen molar-refractivity contribution in [3.8, 4) is 17.6 Å². The summed E-state index contributed by atoms with van der Waals surface area (Å²) in [6.45, 7) is 0. The van der Waals surface area contributed by atoms with E-state index in [2.05, 4.69) is 20.6 Å². The van der Waals surface area contributed by atoms with Gasteiger partial charge in [-0.25, -0.2) is 4.98 Å². The summed E-state index contributed by atoms with van der Waals surface area (Å²) >= 11 is 6.14. The molecule has 0 fully saturated rings. The van der Waals surface area contributed by atoms with Crippen molar-refractivity contribution >= 4 is 45.6 Å². The normalized spacial score (nSPS) is 10.4. The van der Waals surface area contributed by atoms with Crippen LogP contribution in [0.1, 0.15) is 15.9 Å². The van der Waals surface area contributed by atoms with Gasteiger partial charge in [-0.2, -0.15) is 10.2 Å². The van der Waals surface area contributed by atoms with Gasteiger partial charge in [0, 0.05) is 28.4 Å². The summed E-state index contributed by atoms with van der Waals surface area (Å²) in [5, 5.41) is 15.7. The van der Waals surface area contributed by atoms with Crippen LogP contribution in [0.4, 0.5) is 17.2 Å². The summed E-state index contributed by atoms with van der Waals surface area (Å²) in [7, 11) is 3.09. The first kappa shape index (κ1) is 21.9. The van der Waals surface area contributed by atoms with Gasteiger partial charge in [0.05, 0.1) is 31.4 Å². The smallest absolute Gasteiger partial charge is 0.255 e. The number of nitrogens with one attached hydrogen (secondary N) is 2. The number of hydrogen-bond donors (Lipinski definition) is 2. The third-order valence-electron chi connectivity index (χ3n) is 4.83. The maximum Gasteiger partial charge on any atom is 0.255 e. The average molecular weight is 460 g/mol. The van der Waals surface area contributed by atoms with Crippen molar-refractivity contribution in [2.45, 2.75) is 0 Å². The Kier molecular flexibility index (Phi) is 6.24. The van der Waals surface area contributed by atoms with Crippen LogP contribution in [0.3, 0.4) is 0 Å². The summed E-state index contributed by atoms with van der Waals surface area (Å²) in [6, 6.07) is 19.1. The molecule has 0 spiro atoms. The van der Waals surface area contributed by atoms with Gasteiger partial charge in [-0.3, -0.25) is 4.79 Å². The topological polar surface area (TPSA) is 109 Å². The summed E-state index contributed by atoms with van der Waals surface area (Å²) in [6.07, 6.45) is 0. The van der Waals surface area contributed by atoms with Gasteiger partial charge < -0.3 is 20.1 Å². The number of carbonyl (C=O) groups excluding carboxylic acids is 1. The van der Waals surface area contributed by atoms with Crippen LogP contribution in [0.15, 0.2) is 60.7 Å². The fourth-order valence-electron chi connectivity index (χ4n) is 3.23. The zero-order chi connectivity index (χ0) is 23.4. The largest absolute Gasteiger partial charge is 0.493 e. The molecule has 0 saturated carbocycles. The molecule has 4 rings (SSSR count). The molecule has 9 heteroatoms. The molecule has 2 N–H and O–H groups in total. The van der Waals surface area contributed by atoms with E-state index in [1.165, 1.54) is 0 Å². The molecule has 0 aliphatic rings. The number of nitriles is 1. The van der Waals surface area contributed by atoms with Gasteiger partial charge >= 0.3 is 0 Å². The first-order valence-corrected chi connectivity index (χ1v) is 10.2. The Hall–Kier alpha value is -4.35. The zero-order valence-electron chi connectivity index (χ0n) is 17.7. The van der Waals surface area contributed by atoms with E-state index in [1.807, 2.05) is 12.1 Å². The van der Waals surface area contributed by atoms with Crippen LogP contribution in [0, 0.1) is 11.3 Å². The molecule has 33 heavy (non-hydrogen) atoms. The molecular weight excluding hydrogens is 442 g/mol. The molecule has 164 valence electrons. The maximum atomic E-state index is 12.6. The molecule has 1 heterocycles. The second kappa shape index (κ2) is 9.42. The predicted octanol–water partition coefficient (Wildman–Crippen LogP) is 5.17. The molecule has 0 aliphatic carbocycles. The highest BCUT2D eigenvalue weighted by molar-refractivity contribution is 6.28. The molecule has 0 aliphatic heterocycles. The van der Waals surface area contributed by atoms with Crippen molar-refractivity contribution in [1.29, 1.82) is 5.26 Å². The molecule has 1 aromatic heterocycles. The van der Waals surface area contributed by atoms with Crippen molar-refractivity contribution in [3.63, 3.8) is 0 Å². The Morgan fingerprint density at radius 1 is 0.970 bits per heavy atom. The van der Waals surface area contributed by atoms with Gasteiger partial charge in [0.2, 0.25) is 5.28 Å². The summed E-state index contributed by atoms with van der Waals surface area (Å²) < 4.78 is 10.7. The van der Waals surface area contributed by atoms with E-state index >= 15 is 0 Å². The number of nitrogens with zero attached hydrogens (tertiary/aromatic N) is 3. The van der Waals surface area contributed by atoms with Crippen molar-refractivity contribution in [2.24, 2.45) is 0 Å². The number of amides is 1. The van der Waals surface area contributed by atoms with Crippen LogP contribution in [0.5, 0.6) is 11.5 Å². The summed E-state index contributed by atoms with van der Waals surface area (Å²) in [5.41, 5.74) is 2.78. The number of aromatic nitrogens is 2. The molecule has 0 saturated heterocycles. The first-order chi connectivity index (χ1) is 16.0. The molecule has 1 amide bonds. The van der Waals surface area contributed by atoms with Crippen molar-refractivity contribution in [3.05, 3.63) is 77.1 Å². The van der Waals surface area contributed by atoms with Crippen molar-refractivity contribution in [1.82, 2.24) is 9.97 Å². The second-order valence-corrected chi connectivity index (χ2v) is 7.25. The van der Waals surface area contributed by atoms with E-state index in [0.717, 1.165) is 0 Å². The van der Waals surface area contributed by atoms with E-state index in [-0.39, 0.29) is 11.2 Å². The fraction of sp³-hybridized carbons (Fsp3) is 0.0833. The van der Waals surface area contributed by atoms with Gasteiger partial charge in [0.15, 0.2) is 11.5 Å². The third kappa shape index (κ3) is 4.79. The highest BCUT2D eigenvalue weighted by Crippen LogP contribution is 2.35. The lowest BCUT2D eigenvalue weighted by Crippen LogP contribution is -2.11. The number of fused-ring (bicyclic) bond motifs is 1. The minimum Gasteiger partial charge on any atom is -0.493 e. The molecule has 0 radical (unpaired) electrons. The maximum absolute atomic E-state index is 12.6. The lowest BCUT2D eigenvalue weighted by atomic mass is 10.1. The Morgan fingerprint density at radius 2 is 1.67 bits per heavy atom. The molecule has 3 aromatic carbocycles. The minimum atomic E-state index is -0.288. The minimum absolute atomic E-state index is 0.0718. The van der Waals surface area contributed by atoms with Crippen molar-refractivity contribution in [2.75, 3.05) is 24.9 Å². The van der Waals surface area contributed by atoms with Gasteiger partial charge in [0.25, 0.3) is 5.91 Å². The third-order valence-corrected chi connectivity index (χ3v) is 5.00.